The monoisotopic (exact) mass is 165 g/mol. The second-order valence-electron chi connectivity index (χ2n) is 3.42. The number of aliphatic hydroxyl groups excluding tert-OH is 1. The molecular weight excluding hydrogens is 150 g/mol. The maximum Gasteiger partial charge on any atom is 0.0816 e. The minimum Gasteiger partial charge on any atom is -0.388 e. The van der Waals surface area contributed by atoms with Gasteiger partial charge in [0.15, 0.2) is 0 Å². The molecule has 66 valence electrons. The molecule has 0 aliphatic rings. The molecule has 0 fully saturated rings. The van der Waals surface area contributed by atoms with Crippen LogP contribution in [0.1, 0.15) is 31.1 Å². The molecule has 0 spiro atoms. The van der Waals surface area contributed by atoms with Crippen molar-refractivity contribution in [1.82, 2.24) is 4.98 Å². The Bertz CT molecular complexity index is 258. The molecule has 1 heterocycles. The summed E-state index contributed by atoms with van der Waals surface area (Å²) in [5.41, 5.74) is 2.04. The lowest BCUT2D eigenvalue weighted by Crippen LogP contribution is -2.07. The lowest BCUT2D eigenvalue weighted by Gasteiger charge is -2.16. The molecule has 0 aromatic carbocycles. The molecule has 2 heteroatoms. The molecule has 0 radical (unpaired) electrons. The van der Waals surface area contributed by atoms with Gasteiger partial charge in [0.05, 0.1) is 6.10 Å². The molecule has 0 aliphatic carbocycles. The SMILES string of the molecule is Cc1cnccc1C(O)C(C)C. The molecule has 12 heavy (non-hydrogen) atoms. The lowest BCUT2D eigenvalue weighted by atomic mass is 9.97. The standard InChI is InChI=1S/C10H15NO/c1-7(2)10(12)9-4-5-11-6-8(9)3/h4-7,10,12H,1-3H3. The number of pyridine rings is 1. The van der Waals surface area contributed by atoms with Gasteiger partial charge >= 0.3 is 0 Å². The van der Waals surface area contributed by atoms with Crippen molar-refractivity contribution in [3.63, 3.8) is 0 Å². The van der Waals surface area contributed by atoms with E-state index < -0.39 is 0 Å². The van der Waals surface area contributed by atoms with Gasteiger partial charge in [-0.15, -0.1) is 0 Å². The zero-order valence-corrected chi connectivity index (χ0v) is 7.78. The molecule has 0 amide bonds. The van der Waals surface area contributed by atoms with Crippen molar-refractivity contribution in [2.24, 2.45) is 5.92 Å². The van der Waals surface area contributed by atoms with Crippen LogP contribution < -0.4 is 0 Å². The summed E-state index contributed by atoms with van der Waals surface area (Å²) in [5, 5.41) is 9.75. The van der Waals surface area contributed by atoms with Crippen molar-refractivity contribution in [2.75, 3.05) is 0 Å². The normalized spacial score (nSPS) is 13.4. The van der Waals surface area contributed by atoms with Crippen LogP contribution >= 0.6 is 0 Å². The van der Waals surface area contributed by atoms with Crippen molar-refractivity contribution in [2.45, 2.75) is 26.9 Å². The van der Waals surface area contributed by atoms with Crippen molar-refractivity contribution < 1.29 is 5.11 Å². The Balaban J connectivity index is 2.94. The van der Waals surface area contributed by atoms with Crippen molar-refractivity contribution in [3.05, 3.63) is 29.6 Å². The summed E-state index contributed by atoms with van der Waals surface area (Å²) in [7, 11) is 0. The van der Waals surface area contributed by atoms with E-state index in [1.165, 1.54) is 0 Å². The Hall–Kier alpha value is -0.890. The minimum atomic E-state index is -0.368. The number of hydrogen-bond acceptors (Lipinski definition) is 2. The largest absolute Gasteiger partial charge is 0.388 e. The summed E-state index contributed by atoms with van der Waals surface area (Å²) in [6.45, 7) is 5.98. The predicted molar refractivity (Wildman–Crippen MR) is 48.8 cm³/mol. The fourth-order valence-electron chi connectivity index (χ4n) is 1.18. The van der Waals surface area contributed by atoms with Crippen LogP contribution in [0.15, 0.2) is 18.5 Å². The summed E-state index contributed by atoms with van der Waals surface area (Å²) >= 11 is 0. The van der Waals surface area contributed by atoms with E-state index in [0.29, 0.717) is 0 Å². The summed E-state index contributed by atoms with van der Waals surface area (Å²) in [5.74, 6) is 0.256. The van der Waals surface area contributed by atoms with Crippen molar-refractivity contribution >= 4 is 0 Å². The van der Waals surface area contributed by atoms with Gasteiger partial charge in [-0.05, 0) is 30.0 Å². The highest BCUT2D eigenvalue weighted by atomic mass is 16.3. The average molecular weight is 165 g/mol. The molecule has 1 rings (SSSR count). The van der Waals surface area contributed by atoms with Gasteiger partial charge in [0, 0.05) is 12.4 Å². The lowest BCUT2D eigenvalue weighted by molar-refractivity contribution is 0.126. The van der Waals surface area contributed by atoms with Crippen LogP contribution in [0.5, 0.6) is 0 Å². The summed E-state index contributed by atoms with van der Waals surface area (Å²) in [4.78, 5) is 3.98. The van der Waals surface area contributed by atoms with Crippen LogP contribution in [0.25, 0.3) is 0 Å². The van der Waals surface area contributed by atoms with E-state index in [-0.39, 0.29) is 12.0 Å². The van der Waals surface area contributed by atoms with Gasteiger partial charge in [0.1, 0.15) is 0 Å². The first-order valence-electron chi connectivity index (χ1n) is 4.21. The second-order valence-corrected chi connectivity index (χ2v) is 3.42. The van der Waals surface area contributed by atoms with Gasteiger partial charge in [-0.2, -0.15) is 0 Å². The third-order valence-corrected chi connectivity index (χ3v) is 2.01. The third kappa shape index (κ3) is 1.83. The highest BCUT2D eigenvalue weighted by molar-refractivity contribution is 5.24. The molecule has 1 aromatic rings. The van der Waals surface area contributed by atoms with Crippen LogP contribution in [0.4, 0.5) is 0 Å². The molecule has 0 aliphatic heterocycles. The van der Waals surface area contributed by atoms with Crippen LogP contribution in [-0.4, -0.2) is 10.1 Å². The molecule has 1 atom stereocenters. The van der Waals surface area contributed by atoms with Crippen LogP contribution in [0.3, 0.4) is 0 Å². The van der Waals surface area contributed by atoms with E-state index in [1.54, 1.807) is 12.4 Å². The predicted octanol–water partition coefficient (Wildman–Crippen LogP) is 2.08. The Morgan fingerprint density at radius 3 is 2.58 bits per heavy atom. The number of rotatable bonds is 2. The molecular formula is C10H15NO. The first-order chi connectivity index (χ1) is 5.63. The summed E-state index contributed by atoms with van der Waals surface area (Å²) in [6.07, 6.45) is 3.13. The number of aryl methyl sites for hydroxylation is 1. The van der Waals surface area contributed by atoms with E-state index in [1.807, 2.05) is 26.8 Å². The Labute approximate surface area is 73.3 Å². The van der Waals surface area contributed by atoms with E-state index in [0.717, 1.165) is 11.1 Å². The van der Waals surface area contributed by atoms with E-state index in [9.17, 15) is 5.11 Å². The summed E-state index contributed by atoms with van der Waals surface area (Å²) < 4.78 is 0. The smallest absolute Gasteiger partial charge is 0.0816 e. The van der Waals surface area contributed by atoms with Gasteiger partial charge in [-0.1, -0.05) is 13.8 Å². The van der Waals surface area contributed by atoms with Gasteiger partial charge in [0.2, 0.25) is 0 Å². The van der Waals surface area contributed by atoms with Crippen LogP contribution in [0.2, 0.25) is 0 Å². The Kier molecular flexibility index (Phi) is 2.82. The van der Waals surface area contributed by atoms with E-state index in [2.05, 4.69) is 4.98 Å². The molecule has 1 unspecified atom stereocenters. The molecule has 2 nitrogen and oxygen atoms in total. The topological polar surface area (TPSA) is 33.1 Å². The third-order valence-electron chi connectivity index (χ3n) is 2.01. The fraction of sp³-hybridized carbons (Fsp3) is 0.500. The second kappa shape index (κ2) is 3.68. The quantitative estimate of drug-likeness (QED) is 0.727. The fourth-order valence-corrected chi connectivity index (χ4v) is 1.18. The maximum absolute atomic E-state index is 9.75. The first-order valence-corrected chi connectivity index (χ1v) is 4.21. The molecule has 1 aromatic heterocycles. The molecule has 0 bridgehead atoms. The Morgan fingerprint density at radius 2 is 2.08 bits per heavy atom. The van der Waals surface area contributed by atoms with Gasteiger partial charge in [-0.25, -0.2) is 0 Å². The maximum atomic E-state index is 9.75. The first kappa shape index (κ1) is 9.20. The number of aromatic nitrogens is 1. The Morgan fingerprint density at radius 1 is 1.42 bits per heavy atom. The number of nitrogens with zero attached hydrogens (tertiary/aromatic N) is 1. The number of aliphatic hydroxyl groups is 1. The van der Waals surface area contributed by atoms with Gasteiger partial charge in [-0.3, -0.25) is 4.98 Å². The van der Waals surface area contributed by atoms with Crippen LogP contribution in [0, 0.1) is 12.8 Å². The van der Waals surface area contributed by atoms with Gasteiger partial charge < -0.3 is 5.11 Å². The van der Waals surface area contributed by atoms with E-state index >= 15 is 0 Å². The highest BCUT2D eigenvalue weighted by Gasteiger charge is 2.13. The molecule has 0 saturated heterocycles. The van der Waals surface area contributed by atoms with Gasteiger partial charge in [0.25, 0.3) is 0 Å². The zero-order chi connectivity index (χ0) is 9.14. The van der Waals surface area contributed by atoms with Crippen molar-refractivity contribution in [3.8, 4) is 0 Å². The minimum absolute atomic E-state index is 0.256. The van der Waals surface area contributed by atoms with Crippen LogP contribution in [-0.2, 0) is 0 Å². The zero-order valence-electron chi connectivity index (χ0n) is 7.78. The molecule has 0 saturated carbocycles. The highest BCUT2D eigenvalue weighted by Crippen LogP contribution is 2.22. The van der Waals surface area contributed by atoms with Crippen molar-refractivity contribution in [1.29, 1.82) is 0 Å². The van der Waals surface area contributed by atoms with E-state index in [4.69, 9.17) is 0 Å². The summed E-state index contributed by atoms with van der Waals surface area (Å²) in [6, 6.07) is 1.88. The number of hydrogen-bond donors (Lipinski definition) is 1. The average Bonchev–Trinajstić information content (AvgIpc) is 2.04. The molecule has 1 N–H and O–H groups in total.